The van der Waals surface area contributed by atoms with Crippen LogP contribution in [-0.4, -0.2) is 53.2 Å². The van der Waals surface area contributed by atoms with Gasteiger partial charge in [0.2, 0.25) is 0 Å². The molecule has 0 heterocycles. The molecule has 0 saturated heterocycles. The monoisotopic (exact) mass is 429 g/mol. The molecule has 0 atom stereocenters. The van der Waals surface area contributed by atoms with Crippen LogP contribution in [-0.2, 0) is 4.79 Å². The minimum atomic E-state index is -0.0601. The Kier molecular flexibility index (Phi) is 11.5. The van der Waals surface area contributed by atoms with E-state index >= 15 is 0 Å². The minimum Gasteiger partial charge on any atom is -0.513 e. The van der Waals surface area contributed by atoms with Crippen LogP contribution < -0.4 is 0 Å². The van der Waals surface area contributed by atoms with Crippen molar-refractivity contribution in [3.05, 3.63) is 47.9 Å². The lowest BCUT2D eigenvalue weighted by Gasteiger charge is -2.36. The van der Waals surface area contributed by atoms with Crippen LogP contribution in [0, 0.1) is 10.8 Å². The molecule has 1 saturated carbocycles. The van der Waals surface area contributed by atoms with E-state index in [1.165, 1.54) is 5.57 Å². The van der Waals surface area contributed by atoms with Gasteiger partial charge in [-0.1, -0.05) is 62.6 Å². The zero-order valence-electron chi connectivity index (χ0n) is 20.3. The second-order valence-electron chi connectivity index (χ2n) is 8.93. The maximum Gasteiger partial charge on any atom is 0.169 e. The van der Waals surface area contributed by atoms with Gasteiger partial charge in [0.15, 0.2) is 6.29 Å². The summed E-state index contributed by atoms with van der Waals surface area (Å²) in [5.41, 5.74) is 2.55. The van der Waals surface area contributed by atoms with E-state index in [0.29, 0.717) is 37.7 Å². The van der Waals surface area contributed by atoms with Gasteiger partial charge in [0.25, 0.3) is 0 Å². The highest BCUT2D eigenvalue weighted by molar-refractivity contribution is 5.88. The number of nitrogens with one attached hydrogen (secondary N) is 1. The fourth-order valence-corrected chi connectivity index (χ4v) is 4.27. The molecule has 0 spiro atoms. The normalized spacial score (nSPS) is 17.0. The fraction of sp³-hybridized carbons (Fsp3) is 0.615. The van der Waals surface area contributed by atoms with Gasteiger partial charge < -0.3 is 14.9 Å². The molecule has 2 N–H and O–H groups in total. The van der Waals surface area contributed by atoms with Gasteiger partial charge in [0.1, 0.15) is 17.8 Å². The largest absolute Gasteiger partial charge is 0.513 e. The first-order valence-electron chi connectivity index (χ1n) is 11.6. The Balaban J connectivity index is 3.14. The molecule has 1 aliphatic rings. The molecular formula is C26H43N3O2. The molecule has 0 bridgehead atoms. The van der Waals surface area contributed by atoms with Crippen LogP contribution in [0.4, 0.5) is 0 Å². The van der Waals surface area contributed by atoms with E-state index in [2.05, 4.69) is 57.4 Å². The number of aliphatic hydroxyl groups is 1. The van der Waals surface area contributed by atoms with Gasteiger partial charge in [-0.2, -0.15) is 0 Å². The number of nitrogens with zero attached hydrogens (tertiary/aromatic N) is 2. The SMILES string of the molecule is C=C(/C=C\C=C(/CC)C1(CC(=N)N(CCN(C)C(C)C)/C(C=O)=C/O)CCCC1)CC. The van der Waals surface area contributed by atoms with Gasteiger partial charge in [0.05, 0.1) is 0 Å². The molecule has 0 aromatic carbocycles. The summed E-state index contributed by atoms with van der Waals surface area (Å²) in [5.74, 6) is 0.396. The number of aldehydes is 1. The first-order chi connectivity index (χ1) is 14.7. The number of carbonyl (C=O) groups excluding carboxylic acids is 1. The van der Waals surface area contributed by atoms with Crippen LogP contribution in [0.5, 0.6) is 0 Å². The van der Waals surface area contributed by atoms with Crippen molar-refractivity contribution in [1.29, 1.82) is 5.41 Å². The number of aliphatic hydroxyl groups excluding tert-OH is 1. The zero-order chi connectivity index (χ0) is 23.4. The highest BCUT2D eigenvalue weighted by Gasteiger charge is 2.38. The van der Waals surface area contributed by atoms with Crippen molar-refractivity contribution in [3.63, 3.8) is 0 Å². The summed E-state index contributed by atoms with van der Waals surface area (Å²) < 4.78 is 0. The second kappa shape index (κ2) is 13.3. The smallest absolute Gasteiger partial charge is 0.169 e. The van der Waals surface area contributed by atoms with Gasteiger partial charge in [-0.25, -0.2) is 0 Å². The van der Waals surface area contributed by atoms with Crippen LogP contribution in [0.2, 0.25) is 0 Å². The number of hydrogen-bond acceptors (Lipinski definition) is 4. The van der Waals surface area contributed by atoms with E-state index in [1.807, 2.05) is 7.05 Å². The van der Waals surface area contributed by atoms with Crippen molar-refractivity contribution in [1.82, 2.24) is 9.80 Å². The summed E-state index contributed by atoms with van der Waals surface area (Å²) in [5, 5.41) is 18.5. The molecule has 0 aromatic heterocycles. The first kappa shape index (κ1) is 26.9. The van der Waals surface area contributed by atoms with E-state index in [1.54, 1.807) is 4.90 Å². The topological polar surface area (TPSA) is 67.6 Å². The summed E-state index contributed by atoms with van der Waals surface area (Å²) in [4.78, 5) is 15.4. The Morgan fingerprint density at radius 2 is 1.84 bits per heavy atom. The standard InChI is InChI=1S/C26H43N3O2/c1-7-22(5)12-11-13-23(8-2)26(14-9-10-15-26)18-25(27)29(24(19-30)20-31)17-16-28(6)21(3)4/h11-13,19-21,27,30H,5,7-10,14-18H2,1-4,6H3/b12-11-,23-13+,24-19+,27-25?. The molecule has 0 radical (unpaired) electrons. The zero-order valence-corrected chi connectivity index (χ0v) is 20.3. The molecule has 31 heavy (non-hydrogen) atoms. The third kappa shape index (κ3) is 7.80. The summed E-state index contributed by atoms with van der Waals surface area (Å²) in [6.45, 7) is 13.8. The Morgan fingerprint density at radius 1 is 1.19 bits per heavy atom. The molecule has 1 rings (SSSR count). The summed E-state index contributed by atoms with van der Waals surface area (Å²) >= 11 is 0. The van der Waals surface area contributed by atoms with Gasteiger partial charge >= 0.3 is 0 Å². The lowest BCUT2D eigenvalue weighted by molar-refractivity contribution is -0.106. The maximum atomic E-state index is 11.6. The predicted octanol–water partition coefficient (Wildman–Crippen LogP) is 6.01. The quantitative estimate of drug-likeness (QED) is 0.0939. The number of amidine groups is 1. The van der Waals surface area contributed by atoms with Gasteiger partial charge in [0, 0.05) is 25.6 Å². The number of rotatable bonds is 13. The molecule has 5 nitrogen and oxygen atoms in total. The second-order valence-corrected chi connectivity index (χ2v) is 8.93. The van der Waals surface area contributed by atoms with Crippen molar-refractivity contribution in [2.45, 2.75) is 78.7 Å². The van der Waals surface area contributed by atoms with E-state index in [4.69, 9.17) is 5.41 Å². The number of likely N-dealkylation sites (N-methyl/N-ethyl adjacent to an activating group) is 1. The first-order valence-corrected chi connectivity index (χ1v) is 11.6. The van der Waals surface area contributed by atoms with Crippen LogP contribution in [0.3, 0.4) is 0 Å². The Hall–Kier alpha value is -2.14. The lowest BCUT2D eigenvalue weighted by atomic mass is 9.73. The Bertz CT molecular complexity index is 697. The third-order valence-electron chi connectivity index (χ3n) is 6.66. The van der Waals surface area contributed by atoms with Crippen LogP contribution in [0.25, 0.3) is 0 Å². The Labute approximate surface area is 189 Å². The van der Waals surface area contributed by atoms with Gasteiger partial charge in [-0.3, -0.25) is 10.2 Å². The van der Waals surface area contributed by atoms with E-state index in [-0.39, 0.29) is 11.1 Å². The minimum absolute atomic E-state index is 0.0601. The predicted molar refractivity (Wildman–Crippen MR) is 131 cm³/mol. The molecule has 0 aromatic rings. The number of carbonyl (C=O) groups is 1. The summed E-state index contributed by atoms with van der Waals surface area (Å²) in [7, 11) is 2.03. The van der Waals surface area contributed by atoms with Crippen molar-refractivity contribution in [3.8, 4) is 0 Å². The molecule has 174 valence electrons. The molecular weight excluding hydrogens is 386 g/mol. The van der Waals surface area contributed by atoms with Crippen molar-refractivity contribution >= 4 is 12.1 Å². The third-order valence-corrected chi connectivity index (χ3v) is 6.66. The highest BCUT2D eigenvalue weighted by atomic mass is 16.2. The summed E-state index contributed by atoms with van der Waals surface area (Å²) in [6.07, 6.45) is 14.7. The van der Waals surface area contributed by atoms with Crippen LogP contribution in [0.1, 0.15) is 72.6 Å². The molecule has 5 heteroatoms. The van der Waals surface area contributed by atoms with Gasteiger partial charge in [-0.15, -0.1) is 0 Å². The summed E-state index contributed by atoms with van der Waals surface area (Å²) in [6, 6.07) is 0.370. The molecule has 1 aliphatic carbocycles. The average Bonchev–Trinajstić information content (AvgIpc) is 3.22. The fourth-order valence-electron chi connectivity index (χ4n) is 4.27. The van der Waals surface area contributed by atoms with E-state index in [0.717, 1.165) is 50.4 Å². The highest BCUT2D eigenvalue weighted by Crippen LogP contribution is 2.48. The van der Waals surface area contributed by atoms with Crippen molar-refractivity contribution in [2.75, 3.05) is 20.1 Å². The van der Waals surface area contributed by atoms with Crippen molar-refractivity contribution < 1.29 is 9.90 Å². The van der Waals surface area contributed by atoms with E-state index < -0.39 is 0 Å². The Morgan fingerprint density at radius 3 is 2.32 bits per heavy atom. The number of hydrogen-bond donors (Lipinski definition) is 2. The molecule has 0 aliphatic heterocycles. The molecule has 0 unspecified atom stereocenters. The van der Waals surface area contributed by atoms with Crippen molar-refractivity contribution in [2.24, 2.45) is 5.41 Å². The molecule has 0 amide bonds. The maximum absolute atomic E-state index is 11.6. The van der Waals surface area contributed by atoms with Gasteiger partial charge in [-0.05, 0) is 52.0 Å². The van der Waals surface area contributed by atoms with Crippen LogP contribution in [0.15, 0.2) is 47.9 Å². The van der Waals surface area contributed by atoms with E-state index in [9.17, 15) is 9.90 Å². The van der Waals surface area contributed by atoms with Crippen LogP contribution >= 0.6 is 0 Å². The lowest BCUT2D eigenvalue weighted by Crippen LogP contribution is -2.41. The number of allylic oxidation sites excluding steroid dienone is 6. The average molecular weight is 430 g/mol. The molecule has 1 fully saturated rings.